The summed E-state index contributed by atoms with van der Waals surface area (Å²) in [7, 11) is 2.40. The van der Waals surface area contributed by atoms with Gasteiger partial charge in [-0.15, -0.1) is 0 Å². The minimum atomic E-state index is 0.920. The molecule has 0 amide bonds. The zero-order valence-electron chi connectivity index (χ0n) is 10.3. The Labute approximate surface area is 95.9 Å². The van der Waals surface area contributed by atoms with Gasteiger partial charge < -0.3 is 0 Å². The summed E-state index contributed by atoms with van der Waals surface area (Å²) in [5.41, 5.74) is 0. The van der Waals surface area contributed by atoms with Gasteiger partial charge >= 0.3 is 0 Å². The number of rotatable bonds is 2. The van der Waals surface area contributed by atoms with Crippen LogP contribution in [0.15, 0.2) is 12.2 Å². The van der Waals surface area contributed by atoms with Gasteiger partial charge in [0.15, 0.2) is 0 Å². The van der Waals surface area contributed by atoms with Crippen LogP contribution < -0.4 is 0 Å². The summed E-state index contributed by atoms with van der Waals surface area (Å²) in [6.07, 6.45) is 18.3. The second-order valence-corrected chi connectivity index (χ2v) is 5.80. The van der Waals surface area contributed by atoms with Crippen molar-refractivity contribution in [3.05, 3.63) is 12.2 Å². The third-order valence-electron chi connectivity index (χ3n) is 4.37. The topological polar surface area (TPSA) is 0 Å². The smallest absolute Gasteiger partial charge is 0.0851 e. The summed E-state index contributed by atoms with van der Waals surface area (Å²) in [6.45, 7) is 0. The molecule has 0 aromatic heterocycles. The zero-order chi connectivity index (χ0) is 10.5. The predicted octanol–water partition coefficient (Wildman–Crippen LogP) is 3.73. The van der Waals surface area contributed by atoms with E-state index in [2.05, 4.69) is 20.0 Å². The Kier molecular flexibility index (Phi) is 4.35. The van der Waals surface area contributed by atoms with Gasteiger partial charge in [0, 0.05) is 0 Å². The van der Waals surface area contributed by atoms with E-state index in [1.54, 1.807) is 0 Å². The average Bonchev–Trinajstić information content (AvgIpc) is 2.30. The summed E-state index contributed by atoms with van der Waals surface area (Å²) in [6, 6.07) is 0. The number of hydrogen-bond donors (Lipinski definition) is 0. The van der Waals surface area contributed by atoms with E-state index in [-0.39, 0.29) is 0 Å². The highest BCUT2D eigenvalue weighted by Crippen LogP contribution is 2.32. The molecule has 2 aliphatic carbocycles. The molecule has 2 rings (SSSR count). The minimum absolute atomic E-state index is 0.920. The first-order valence-corrected chi connectivity index (χ1v) is 7.03. The Morgan fingerprint density at radius 1 is 0.667 bits per heavy atom. The summed E-state index contributed by atoms with van der Waals surface area (Å²) in [4.78, 5) is 0. The lowest BCUT2D eigenvalue weighted by atomic mass is 9.72. The van der Waals surface area contributed by atoms with Crippen LogP contribution in [-0.4, -0.2) is 7.85 Å². The Bertz CT molecular complexity index is 195. The fourth-order valence-corrected chi connectivity index (χ4v) is 3.12. The van der Waals surface area contributed by atoms with Crippen LogP contribution >= 0.6 is 0 Å². The quantitative estimate of drug-likeness (QED) is 0.474. The van der Waals surface area contributed by atoms with Crippen LogP contribution in [0.5, 0.6) is 0 Å². The molecule has 2 aliphatic rings. The van der Waals surface area contributed by atoms with Gasteiger partial charge in [0.1, 0.15) is 7.85 Å². The minimum Gasteiger partial charge on any atom is -0.0851 e. The highest BCUT2D eigenvalue weighted by Gasteiger charge is 2.16. The van der Waals surface area contributed by atoms with Gasteiger partial charge in [-0.2, -0.15) is 0 Å². The molecule has 0 unspecified atom stereocenters. The first kappa shape index (κ1) is 11.3. The van der Waals surface area contributed by atoms with Gasteiger partial charge in [0.05, 0.1) is 0 Å². The van der Waals surface area contributed by atoms with E-state index in [4.69, 9.17) is 0 Å². The first-order chi connectivity index (χ1) is 7.34. The Hall–Kier alpha value is -0.195. The maximum atomic E-state index is 2.56. The SMILES string of the molecule is BC1CCC(C=CC2CCCCC2)CC1. The van der Waals surface area contributed by atoms with Crippen molar-refractivity contribution in [2.24, 2.45) is 11.8 Å². The zero-order valence-corrected chi connectivity index (χ0v) is 10.3. The molecule has 0 N–H and O–H groups in total. The van der Waals surface area contributed by atoms with Crippen LogP contribution in [0.4, 0.5) is 0 Å². The third kappa shape index (κ3) is 3.70. The molecule has 0 nitrogen and oxygen atoms in total. The van der Waals surface area contributed by atoms with Crippen LogP contribution in [0, 0.1) is 11.8 Å². The van der Waals surface area contributed by atoms with Crippen molar-refractivity contribution in [1.29, 1.82) is 0 Å². The molecule has 0 heterocycles. The largest absolute Gasteiger partial charge is 0.105 e. The van der Waals surface area contributed by atoms with E-state index >= 15 is 0 Å². The second-order valence-electron chi connectivity index (χ2n) is 5.80. The molecule has 0 aliphatic heterocycles. The van der Waals surface area contributed by atoms with Crippen LogP contribution in [0.25, 0.3) is 0 Å². The van der Waals surface area contributed by atoms with Crippen LogP contribution in [0.3, 0.4) is 0 Å². The van der Waals surface area contributed by atoms with Crippen molar-refractivity contribution in [2.45, 2.75) is 63.6 Å². The second kappa shape index (κ2) is 5.77. The van der Waals surface area contributed by atoms with Crippen LogP contribution in [0.1, 0.15) is 57.8 Å². The van der Waals surface area contributed by atoms with Gasteiger partial charge in [-0.1, -0.05) is 50.1 Å². The predicted molar refractivity (Wildman–Crippen MR) is 70.0 cm³/mol. The molecule has 2 saturated carbocycles. The Morgan fingerprint density at radius 3 is 1.80 bits per heavy atom. The highest BCUT2D eigenvalue weighted by atomic mass is 14.2. The van der Waals surface area contributed by atoms with Gasteiger partial charge in [0.25, 0.3) is 0 Å². The molecule has 84 valence electrons. The van der Waals surface area contributed by atoms with Crippen molar-refractivity contribution in [1.82, 2.24) is 0 Å². The molecule has 0 radical (unpaired) electrons. The van der Waals surface area contributed by atoms with Crippen molar-refractivity contribution in [3.63, 3.8) is 0 Å². The molecule has 0 saturated heterocycles. The monoisotopic (exact) mass is 204 g/mol. The van der Waals surface area contributed by atoms with Crippen molar-refractivity contribution < 1.29 is 0 Å². The molecular formula is C14H25B. The van der Waals surface area contributed by atoms with Gasteiger partial charge in [0.2, 0.25) is 0 Å². The fourth-order valence-electron chi connectivity index (χ4n) is 3.12. The molecule has 0 bridgehead atoms. The lowest BCUT2D eigenvalue weighted by molar-refractivity contribution is 0.401. The van der Waals surface area contributed by atoms with Crippen molar-refractivity contribution in [3.8, 4) is 0 Å². The molecule has 0 spiro atoms. The maximum absolute atomic E-state index is 2.56. The Morgan fingerprint density at radius 2 is 1.20 bits per heavy atom. The molecule has 1 heteroatoms. The molecule has 2 fully saturated rings. The summed E-state index contributed by atoms with van der Waals surface area (Å²) < 4.78 is 0. The molecule has 15 heavy (non-hydrogen) atoms. The lowest BCUT2D eigenvalue weighted by Gasteiger charge is -2.25. The summed E-state index contributed by atoms with van der Waals surface area (Å²) in [5.74, 6) is 2.84. The van der Waals surface area contributed by atoms with Crippen LogP contribution in [-0.2, 0) is 0 Å². The van der Waals surface area contributed by atoms with Gasteiger partial charge in [-0.05, 0) is 37.5 Å². The summed E-state index contributed by atoms with van der Waals surface area (Å²) in [5, 5.41) is 0. The Balaban J connectivity index is 1.73. The van der Waals surface area contributed by atoms with E-state index in [9.17, 15) is 0 Å². The fraction of sp³-hybridized carbons (Fsp3) is 0.857. The van der Waals surface area contributed by atoms with Crippen molar-refractivity contribution >= 4 is 7.85 Å². The standard InChI is InChI=1S/C14H25B/c15-14-10-8-13(9-11-14)7-6-12-4-2-1-3-5-12/h6-7,12-14H,1-5,8-11,15H2. The lowest BCUT2D eigenvalue weighted by Crippen LogP contribution is -2.10. The molecule has 0 aromatic rings. The first-order valence-electron chi connectivity index (χ1n) is 7.03. The normalized spacial score (nSPS) is 34.7. The number of allylic oxidation sites excluding steroid dienone is 2. The molecule has 0 aromatic carbocycles. The van der Waals surface area contributed by atoms with Gasteiger partial charge in [-0.25, -0.2) is 0 Å². The van der Waals surface area contributed by atoms with Crippen molar-refractivity contribution in [2.75, 3.05) is 0 Å². The third-order valence-corrected chi connectivity index (χ3v) is 4.37. The van der Waals surface area contributed by atoms with E-state index in [1.807, 2.05) is 0 Å². The average molecular weight is 204 g/mol. The van der Waals surface area contributed by atoms with Gasteiger partial charge in [-0.3, -0.25) is 0 Å². The van der Waals surface area contributed by atoms with Crippen LogP contribution in [0.2, 0.25) is 5.82 Å². The van der Waals surface area contributed by atoms with E-state index in [0.29, 0.717) is 0 Å². The van der Waals surface area contributed by atoms with E-state index in [1.165, 1.54) is 57.8 Å². The molecular weight excluding hydrogens is 179 g/mol. The molecule has 0 atom stereocenters. The van der Waals surface area contributed by atoms with E-state index in [0.717, 1.165) is 17.7 Å². The maximum Gasteiger partial charge on any atom is 0.105 e. The number of hydrogen-bond acceptors (Lipinski definition) is 0. The van der Waals surface area contributed by atoms with E-state index < -0.39 is 0 Å². The highest BCUT2D eigenvalue weighted by molar-refractivity contribution is 6.11. The summed E-state index contributed by atoms with van der Waals surface area (Å²) >= 11 is 0.